The fraction of sp³-hybridized carbons (Fsp3) is 0.875. The summed E-state index contributed by atoms with van der Waals surface area (Å²) in [5.74, 6) is -0.322. The number of carbonyl (C=O) groups is 2. The van der Waals surface area contributed by atoms with Crippen LogP contribution < -0.4 is 5.32 Å². The number of nitrogens with zero attached hydrogens (tertiary/aromatic N) is 3. The van der Waals surface area contributed by atoms with Crippen molar-refractivity contribution in [3.05, 3.63) is 0 Å². The molecule has 1 rings (SSSR count). The third kappa shape index (κ3) is 5.55. The number of nitrogens with one attached hydrogen (secondary N) is 1. The Balaban J connectivity index is 2.73. The molecule has 0 aromatic carbocycles. The van der Waals surface area contributed by atoms with Gasteiger partial charge in [0.2, 0.25) is 5.91 Å². The standard InChI is InChI=1S/C16H32N4O5S/c1-6-19(7-2)26(23,24)20-11-9-18(10-12-20)15(21)14(13(4)5)17-16(22)25-8-3/h13-14H,6-12H2,1-5H3,(H,17,22). The minimum atomic E-state index is -3.50. The Hall–Kier alpha value is -1.39. The molecule has 26 heavy (non-hydrogen) atoms. The summed E-state index contributed by atoms with van der Waals surface area (Å²) in [5.41, 5.74) is 0. The summed E-state index contributed by atoms with van der Waals surface area (Å²) >= 11 is 0. The molecule has 1 aliphatic rings. The Morgan fingerprint density at radius 3 is 2.04 bits per heavy atom. The van der Waals surface area contributed by atoms with Crippen molar-refractivity contribution in [1.82, 2.24) is 18.8 Å². The second-order valence-corrected chi connectivity index (χ2v) is 8.33. The molecule has 1 N–H and O–H groups in total. The van der Waals surface area contributed by atoms with E-state index in [9.17, 15) is 18.0 Å². The van der Waals surface area contributed by atoms with Gasteiger partial charge >= 0.3 is 6.09 Å². The van der Waals surface area contributed by atoms with Crippen molar-refractivity contribution in [3.8, 4) is 0 Å². The number of carbonyl (C=O) groups excluding carboxylic acids is 2. The monoisotopic (exact) mass is 392 g/mol. The van der Waals surface area contributed by atoms with E-state index in [4.69, 9.17) is 4.74 Å². The Bertz CT molecular complexity index is 569. The van der Waals surface area contributed by atoms with Crippen LogP contribution in [0, 0.1) is 5.92 Å². The zero-order valence-corrected chi connectivity index (χ0v) is 17.2. The molecule has 9 nitrogen and oxygen atoms in total. The molecule has 1 heterocycles. The molecule has 0 aromatic heterocycles. The van der Waals surface area contributed by atoms with Crippen molar-refractivity contribution in [2.45, 2.75) is 40.7 Å². The molecule has 0 spiro atoms. The minimum Gasteiger partial charge on any atom is -0.450 e. The highest BCUT2D eigenvalue weighted by molar-refractivity contribution is 7.86. The van der Waals surface area contributed by atoms with Crippen molar-refractivity contribution in [2.24, 2.45) is 5.92 Å². The van der Waals surface area contributed by atoms with Crippen LogP contribution in [-0.4, -0.2) is 85.8 Å². The average Bonchev–Trinajstić information content (AvgIpc) is 2.60. The van der Waals surface area contributed by atoms with E-state index in [2.05, 4.69) is 5.32 Å². The lowest BCUT2D eigenvalue weighted by atomic mass is 10.0. The van der Waals surface area contributed by atoms with Gasteiger partial charge in [-0.05, 0) is 12.8 Å². The van der Waals surface area contributed by atoms with Gasteiger partial charge in [-0.3, -0.25) is 4.79 Å². The van der Waals surface area contributed by atoms with Crippen molar-refractivity contribution in [3.63, 3.8) is 0 Å². The average molecular weight is 393 g/mol. The van der Waals surface area contributed by atoms with Crippen LogP contribution in [0.4, 0.5) is 4.79 Å². The summed E-state index contributed by atoms with van der Waals surface area (Å²) in [6.45, 7) is 11.1. The summed E-state index contributed by atoms with van der Waals surface area (Å²) in [4.78, 5) is 26.0. The van der Waals surface area contributed by atoms with Crippen LogP contribution in [0.3, 0.4) is 0 Å². The van der Waals surface area contributed by atoms with Gasteiger partial charge in [-0.25, -0.2) is 4.79 Å². The number of ether oxygens (including phenoxy) is 1. The Labute approximate surface area is 156 Å². The molecule has 152 valence electrons. The molecule has 1 unspecified atom stereocenters. The third-order valence-electron chi connectivity index (χ3n) is 4.39. The van der Waals surface area contributed by atoms with E-state index in [1.54, 1.807) is 25.7 Å². The van der Waals surface area contributed by atoms with Crippen LogP contribution in [0.25, 0.3) is 0 Å². The Kier molecular flexibility index (Phi) is 8.78. The van der Waals surface area contributed by atoms with E-state index in [0.717, 1.165) is 0 Å². The van der Waals surface area contributed by atoms with Gasteiger partial charge in [-0.15, -0.1) is 0 Å². The summed E-state index contributed by atoms with van der Waals surface area (Å²) in [6, 6.07) is -0.694. The van der Waals surface area contributed by atoms with Crippen molar-refractivity contribution >= 4 is 22.2 Å². The maximum Gasteiger partial charge on any atom is 0.407 e. The van der Waals surface area contributed by atoms with Crippen LogP contribution in [-0.2, 0) is 19.7 Å². The molecule has 0 aliphatic carbocycles. The lowest BCUT2D eigenvalue weighted by molar-refractivity contribution is -0.135. The molecule has 2 amide bonds. The predicted octanol–water partition coefficient (Wildman–Crippen LogP) is 0.488. The van der Waals surface area contributed by atoms with Crippen LogP contribution in [0.15, 0.2) is 0 Å². The lowest BCUT2D eigenvalue weighted by Crippen LogP contribution is -2.58. The number of piperazine rings is 1. The van der Waals surface area contributed by atoms with Crippen LogP contribution in [0.2, 0.25) is 0 Å². The molecule has 0 saturated carbocycles. The van der Waals surface area contributed by atoms with Gasteiger partial charge in [-0.2, -0.15) is 17.0 Å². The predicted molar refractivity (Wildman–Crippen MR) is 98.8 cm³/mol. The fourth-order valence-electron chi connectivity index (χ4n) is 2.86. The molecule has 1 atom stereocenters. The number of amides is 2. The van der Waals surface area contributed by atoms with Gasteiger partial charge in [0.15, 0.2) is 0 Å². The summed E-state index contributed by atoms with van der Waals surface area (Å²) in [7, 11) is -3.50. The summed E-state index contributed by atoms with van der Waals surface area (Å²) < 4.78 is 32.8. The quantitative estimate of drug-likeness (QED) is 0.648. The number of hydrogen-bond donors (Lipinski definition) is 1. The summed E-state index contributed by atoms with van der Waals surface area (Å²) in [5, 5.41) is 2.60. The second-order valence-electron chi connectivity index (χ2n) is 6.40. The first-order valence-corrected chi connectivity index (χ1v) is 10.6. The van der Waals surface area contributed by atoms with Gasteiger partial charge < -0.3 is 15.0 Å². The molecule has 1 aliphatic heterocycles. The van der Waals surface area contributed by atoms with E-state index in [0.29, 0.717) is 26.2 Å². The molecule has 1 fully saturated rings. The second kappa shape index (κ2) is 10.1. The van der Waals surface area contributed by atoms with Crippen LogP contribution in [0.5, 0.6) is 0 Å². The van der Waals surface area contributed by atoms with E-state index >= 15 is 0 Å². The number of alkyl carbamates (subject to hydrolysis) is 1. The molecule has 10 heteroatoms. The van der Waals surface area contributed by atoms with Gasteiger partial charge in [0.1, 0.15) is 6.04 Å². The van der Waals surface area contributed by atoms with Gasteiger partial charge in [0.05, 0.1) is 6.61 Å². The van der Waals surface area contributed by atoms with Gasteiger partial charge in [-0.1, -0.05) is 27.7 Å². The highest BCUT2D eigenvalue weighted by atomic mass is 32.2. The largest absolute Gasteiger partial charge is 0.450 e. The third-order valence-corrected chi connectivity index (χ3v) is 6.58. The molecular formula is C16H32N4O5S. The SMILES string of the molecule is CCOC(=O)NC(C(=O)N1CCN(S(=O)(=O)N(CC)CC)CC1)C(C)C. The highest BCUT2D eigenvalue weighted by Crippen LogP contribution is 2.14. The van der Waals surface area contributed by atoms with Crippen molar-refractivity contribution in [1.29, 1.82) is 0 Å². The first-order chi connectivity index (χ1) is 12.2. The van der Waals surface area contributed by atoms with Crippen LogP contribution in [0.1, 0.15) is 34.6 Å². The first kappa shape index (κ1) is 22.7. The zero-order chi connectivity index (χ0) is 19.9. The van der Waals surface area contributed by atoms with E-state index in [1.807, 2.05) is 13.8 Å². The number of hydrogen-bond acceptors (Lipinski definition) is 5. The summed E-state index contributed by atoms with van der Waals surface area (Å²) in [6.07, 6.45) is -0.623. The maximum absolute atomic E-state index is 12.8. The molecule has 0 radical (unpaired) electrons. The Morgan fingerprint density at radius 2 is 1.62 bits per heavy atom. The van der Waals surface area contributed by atoms with E-state index in [1.165, 1.54) is 8.61 Å². The van der Waals surface area contributed by atoms with E-state index < -0.39 is 22.3 Å². The lowest BCUT2D eigenvalue weighted by Gasteiger charge is -2.38. The smallest absolute Gasteiger partial charge is 0.407 e. The Morgan fingerprint density at radius 1 is 1.08 bits per heavy atom. The first-order valence-electron chi connectivity index (χ1n) is 9.16. The molecule has 1 saturated heterocycles. The topological polar surface area (TPSA) is 99.3 Å². The maximum atomic E-state index is 12.8. The zero-order valence-electron chi connectivity index (χ0n) is 16.4. The minimum absolute atomic E-state index is 0.107. The van der Waals surface area contributed by atoms with E-state index in [-0.39, 0.29) is 31.5 Å². The van der Waals surface area contributed by atoms with Crippen molar-refractivity contribution < 1.29 is 22.7 Å². The molecule has 0 bridgehead atoms. The molecular weight excluding hydrogens is 360 g/mol. The molecule has 0 aromatic rings. The number of rotatable bonds is 8. The fourth-order valence-corrected chi connectivity index (χ4v) is 4.47. The normalized spacial score (nSPS) is 17.4. The highest BCUT2D eigenvalue weighted by Gasteiger charge is 2.35. The van der Waals surface area contributed by atoms with Gasteiger partial charge in [0.25, 0.3) is 10.2 Å². The van der Waals surface area contributed by atoms with Crippen LogP contribution >= 0.6 is 0 Å². The van der Waals surface area contributed by atoms with Gasteiger partial charge in [0, 0.05) is 39.3 Å². The van der Waals surface area contributed by atoms with Crippen molar-refractivity contribution in [2.75, 3.05) is 45.9 Å².